The molecular formula is C16H24N4O3. The highest BCUT2D eigenvalue weighted by atomic mass is 16.5. The molecule has 126 valence electrons. The van der Waals surface area contributed by atoms with E-state index in [1.54, 1.807) is 13.8 Å². The van der Waals surface area contributed by atoms with E-state index >= 15 is 0 Å². The zero-order valence-corrected chi connectivity index (χ0v) is 13.7. The number of H-pyrrole nitrogens is 1. The number of hydrogen-bond donors (Lipinski definition) is 2. The molecule has 2 saturated heterocycles. The second-order valence-corrected chi connectivity index (χ2v) is 6.41. The Labute approximate surface area is 135 Å². The number of likely N-dealkylation sites (tertiary alicyclic amines) is 1. The molecule has 2 N–H and O–H groups in total. The quantitative estimate of drug-likeness (QED) is 0.809. The van der Waals surface area contributed by atoms with Crippen LogP contribution in [-0.2, 0) is 16.0 Å². The largest absolute Gasteiger partial charge is 0.378 e. The lowest BCUT2D eigenvalue weighted by Crippen LogP contribution is -2.50. The molecule has 23 heavy (non-hydrogen) atoms. The van der Waals surface area contributed by atoms with Crippen LogP contribution in [0.5, 0.6) is 0 Å². The Hall–Kier alpha value is -1.73. The molecular weight excluding hydrogens is 296 g/mol. The Bertz CT molecular complexity index is 637. The van der Waals surface area contributed by atoms with Gasteiger partial charge in [0.15, 0.2) is 0 Å². The first-order valence-corrected chi connectivity index (χ1v) is 8.22. The molecule has 7 heteroatoms. The minimum atomic E-state index is -0.232. The summed E-state index contributed by atoms with van der Waals surface area (Å²) in [6.07, 6.45) is 2.47. The van der Waals surface area contributed by atoms with E-state index in [0.29, 0.717) is 30.3 Å². The summed E-state index contributed by atoms with van der Waals surface area (Å²) in [6, 6.07) is 0.246. The van der Waals surface area contributed by atoms with Gasteiger partial charge in [-0.1, -0.05) is 0 Å². The van der Waals surface area contributed by atoms with E-state index in [0.717, 1.165) is 13.1 Å². The molecule has 0 saturated carbocycles. The van der Waals surface area contributed by atoms with Crippen LogP contribution < -0.4 is 10.9 Å². The van der Waals surface area contributed by atoms with Crippen LogP contribution in [0.15, 0.2) is 4.79 Å². The van der Waals surface area contributed by atoms with Crippen molar-refractivity contribution in [3.8, 4) is 0 Å². The monoisotopic (exact) mass is 320 g/mol. The van der Waals surface area contributed by atoms with Gasteiger partial charge in [-0.15, -0.1) is 0 Å². The van der Waals surface area contributed by atoms with Crippen molar-refractivity contribution in [1.82, 2.24) is 20.2 Å². The molecule has 3 rings (SSSR count). The van der Waals surface area contributed by atoms with E-state index in [1.807, 2.05) is 0 Å². The van der Waals surface area contributed by atoms with E-state index in [4.69, 9.17) is 4.74 Å². The van der Waals surface area contributed by atoms with Crippen LogP contribution in [0.4, 0.5) is 0 Å². The standard InChI is InChI=1S/C16H24N4O3/c1-10-12(16(22)18-11(2)17-10)7-15(21)19-13-8-23-9-14(13)20-5-3-4-6-20/h13-14H,3-9H2,1-2H3,(H,19,21)(H,17,18,22)/t13-,14-/m0/s1. The number of amides is 1. The molecule has 0 radical (unpaired) electrons. The van der Waals surface area contributed by atoms with E-state index in [2.05, 4.69) is 20.2 Å². The van der Waals surface area contributed by atoms with E-state index in [1.165, 1.54) is 12.8 Å². The molecule has 0 aliphatic carbocycles. The highest BCUT2D eigenvalue weighted by Crippen LogP contribution is 2.19. The summed E-state index contributed by atoms with van der Waals surface area (Å²) < 4.78 is 5.56. The highest BCUT2D eigenvalue weighted by molar-refractivity contribution is 5.79. The van der Waals surface area contributed by atoms with Crippen molar-refractivity contribution in [2.75, 3.05) is 26.3 Å². The molecule has 0 aromatic carbocycles. The fourth-order valence-electron chi connectivity index (χ4n) is 3.49. The molecule has 0 spiro atoms. The summed E-state index contributed by atoms with van der Waals surface area (Å²) in [6.45, 7) is 6.83. The van der Waals surface area contributed by atoms with Crippen molar-refractivity contribution in [2.45, 2.75) is 45.2 Å². The Morgan fingerprint density at radius 3 is 2.78 bits per heavy atom. The van der Waals surface area contributed by atoms with E-state index in [9.17, 15) is 9.59 Å². The van der Waals surface area contributed by atoms with Gasteiger partial charge in [0.1, 0.15) is 5.82 Å². The van der Waals surface area contributed by atoms with Crippen LogP contribution in [0.3, 0.4) is 0 Å². The summed E-state index contributed by atoms with van der Waals surface area (Å²) in [5, 5.41) is 3.04. The second kappa shape index (κ2) is 6.80. The summed E-state index contributed by atoms with van der Waals surface area (Å²) in [7, 11) is 0. The Balaban J connectivity index is 1.64. The second-order valence-electron chi connectivity index (χ2n) is 6.41. The molecule has 2 aliphatic heterocycles. The van der Waals surface area contributed by atoms with Crippen molar-refractivity contribution in [3.05, 3.63) is 27.4 Å². The number of carbonyl (C=O) groups excluding carboxylic acids is 1. The van der Waals surface area contributed by atoms with Crippen LogP contribution in [-0.4, -0.2) is 59.2 Å². The third-order valence-corrected chi connectivity index (χ3v) is 4.68. The summed E-state index contributed by atoms with van der Waals surface area (Å²) in [5.74, 6) is 0.416. The van der Waals surface area contributed by atoms with Crippen molar-refractivity contribution in [1.29, 1.82) is 0 Å². The molecule has 3 heterocycles. The number of carbonyl (C=O) groups is 1. The van der Waals surface area contributed by atoms with Gasteiger partial charge in [-0.05, 0) is 39.8 Å². The molecule has 2 fully saturated rings. The molecule has 1 amide bonds. The lowest BCUT2D eigenvalue weighted by Gasteiger charge is -2.27. The Morgan fingerprint density at radius 2 is 2.09 bits per heavy atom. The predicted molar refractivity (Wildman–Crippen MR) is 85.4 cm³/mol. The average molecular weight is 320 g/mol. The number of nitrogens with one attached hydrogen (secondary N) is 2. The maximum Gasteiger partial charge on any atom is 0.254 e. The predicted octanol–water partition coefficient (Wildman–Crippen LogP) is -0.0914. The van der Waals surface area contributed by atoms with Gasteiger partial charge in [0.25, 0.3) is 5.56 Å². The highest BCUT2D eigenvalue weighted by Gasteiger charge is 2.35. The van der Waals surface area contributed by atoms with Crippen LogP contribution >= 0.6 is 0 Å². The van der Waals surface area contributed by atoms with Gasteiger partial charge in [0, 0.05) is 11.3 Å². The molecule has 2 aliphatic rings. The van der Waals surface area contributed by atoms with Crippen LogP contribution in [0.2, 0.25) is 0 Å². The molecule has 2 atom stereocenters. The minimum absolute atomic E-state index is 0.00149. The fraction of sp³-hybridized carbons (Fsp3) is 0.688. The first kappa shape index (κ1) is 16.1. The number of rotatable bonds is 4. The maximum absolute atomic E-state index is 12.4. The van der Waals surface area contributed by atoms with Crippen molar-refractivity contribution >= 4 is 5.91 Å². The van der Waals surface area contributed by atoms with Gasteiger partial charge in [-0.3, -0.25) is 14.5 Å². The SMILES string of the molecule is Cc1nc(C)c(CC(=O)N[C@H]2COC[C@@H]2N2CCCC2)c(=O)[nH]1. The fourth-order valence-corrected chi connectivity index (χ4v) is 3.49. The van der Waals surface area contributed by atoms with Gasteiger partial charge in [-0.25, -0.2) is 4.98 Å². The number of aromatic nitrogens is 2. The summed E-state index contributed by atoms with van der Waals surface area (Å²) in [4.78, 5) is 33.6. The zero-order valence-electron chi connectivity index (χ0n) is 13.7. The lowest BCUT2D eigenvalue weighted by atomic mass is 10.1. The van der Waals surface area contributed by atoms with Gasteiger partial charge in [0.2, 0.25) is 5.91 Å². The topological polar surface area (TPSA) is 87.3 Å². The Kier molecular flexibility index (Phi) is 4.77. The Morgan fingerprint density at radius 1 is 1.35 bits per heavy atom. The van der Waals surface area contributed by atoms with Gasteiger partial charge in [0.05, 0.1) is 31.7 Å². The van der Waals surface area contributed by atoms with Crippen molar-refractivity contribution in [2.24, 2.45) is 0 Å². The van der Waals surface area contributed by atoms with Crippen molar-refractivity contribution < 1.29 is 9.53 Å². The third kappa shape index (κ3) is 3.61. The smallest absolute Gasteiger partial charge is 0.254 e. The van der Waals surface area contributed by atoms with Crippen LogP contribution in [0, 0.1) is 13.8 Å². The third-order valence-electron chi connectivity index (χ3n) is 4.68. The number of nitrogens with zero attached hydrogens (tertiary/aromatic N) is 2. The number of aromatic amines is 1. The first-order valence-electron chi connectivity index (χ1n) is 8.22. The van der Waals surface area contributed by atoms with Crippen molar-refractivity contribution in [3.63, 3.8) is 0 Å². The number of hydrogen-bond acceptors (Lipinski definition) is 5. The normalized spacial score (nSPS) is 25.0. The molecule has 1 aromatic heterocycles. The number of aryl methyl sites for hydroxylation is 2. The molecule has 0 bridgehead atoms. The zero-order chi connectivity index (χ0) is 16.4. The lowest BCUT2D eigenvalue weighted by molar-refractivity contribution is -0.121. The van der Waals surface area contributed by atoms with Crippen LogP contribution in [0.25, 0.3) is 0 Å². The molecule has 7 nitrogen and oxygen atoms in total. The average Bonchev–Trinajstić information content (AvgIpc) is 3.13. The molecule has 0 unspecified atom stereocenters. The minimum Gasteiger partial charge on any atom is -0.378 e. The summed E-state index contributed by atoms with van der Waals surface area (Å²) >= 11 is 0. The van der Waals surface area contributed by atoms with Crippen LogP contribution in [0.1, 0.15) is 29.9 Å². The first-order chi connectivity index (χ1) is 11.0. The number of ether oxygens (including phenoxy) is 1. The summed E-state index contributed by atoms with van der Waals surface area (Å²) in [5.41, 5.74) is 0.814. The van der Waals surface area contributed by atoms with Gasteiger partial charge < -0.3 is 15.0 Å². The van der Waals surface area contributed by atoms with E-state index in [-0.39, 0.29) is 30.0 Å². The van der Waals surface area contributed by atoms with Gasteiger partial charge >= 0.3 is 0 Å². The maximum atomic E-state index is 12.4. The van der Waals surface area contributed by atoms with E-state index < -0.39 is 0 Å². The van der Waals surface area contributed by atoms with Gasteiger partial charge in [-0.2, -0.15) is 0 Å². The molecule has 1 aromatic rings.